The molecule has 0 spiro atoms. The zero-order valence-electron chi connectivity index (χ0n) is 9.20. The monoisotopic (exact) mass is 206 g/mol. The van der Waals surface area contributed by atoms with E-state index in [-0.39, 0.29) is 6.10 Å². The van der Waals surface area contributed by atoms with Gasteiger partial charge in [-0.15, -0.1) is 0 Å². The second kappa shape index (κ2) is 4.67. The minimum absolute atomic E-state index is 0.348. The summed E-state index contributed by atoms with van der Waals surface area (Å²) in [6.07, 6.45) is 3.59. The fourth-order valence-corrected chi connectivity index (χ4v) is 2.05. The quantitative estimate of drug-likeness (QED) is 0.806. The molecule has 0 aliphatic carbocycles. The van der Waals surface area contributed by atoms with Crippen LogP contribution in [0.15, 0.2) is 18.2 Å². The highest BCUT2D eigenvalue weighted by Gasteiger charge is 2.17. The van der Waals surface area contributed by atoms with Crippen molar-refractivity contribution in [2.45, 2.75) is 38.7 Å². The molecule has 15 heavy (non-hydrogen) atoms. The molecule has 1 aromatic rings. The molecule has 0 saturated carbocycles. The van der Waals surface area contributed by atoms with E-state index in [1.165, 1.54) is 5.56 Å². The van der Waals surface area contributed by atoms with Gasteiger partial charge in [0.15, 0.2) is 0 Å². The maximum atomic E-state index is 9.95. The number of aliphatic hydroxyl groups is 1. The number of hydrogen-bond donors (Lipinski definition) is 1. The Kier molecular flexibility index (Phi) is 3.27. The Hall–Kier alpha value is -1.02. The minimum atomic E-state index is -0.348. The summed E-state index contributed by atoms with van der Waals surface area (Å²) < 4.78 is 5.59. The molecule has 1 aliphatic rings. The third kappa shape index (κ3) is 2.32. The summed E-state index contributed by atoms with van der Waals surface area (Å²) in [7, 11) is 0. The van der Waals surface area contributed by atoms with Crippen LogP contribution in [-0.2, 0) is 6.42 Å². The number of ether oxygens (including phenoxy) is 1. The van der Waals surface area contributed by atoms with Crippen LogP contribution in [-0.4, -0.2) is 11.7 Å². The van der Waals surface area contributed by atoms with E-state index >= 15 is 0 Å². The van der Waals surface area contributed by atoms with Crippen LogP contribution in [0.25, 0.3) is 0 Å². The van der Waals surface area contributed by atoms with Crippen molar-refractivity contribution in [2.24, 2.45) is 0 Å². The Bertz CT molecular complexity index is 333. The number of rotatable bonds is 2. The van der Waals surface area contributed by atoms with Crippen LogP contribution < -0.4 is 4.74 Å². The number of benzene rings is 1. The molecule has 1 N–H and O–H groups in total. The maximum absolute atomic E-state index is 9.95. The molecule has 0 fully saturated rings. The molecule has 0 saturated heterocycles. The van der Waals surface area contributed by atoms with E-state index in [0.717, 1.165) is 43.6 Å². The third-order valence-electron chi connectivity index (χ3n) is 2.85. The van der Waals surface area contributed by atoms with E-state index < -0.39 is 0 Å². The zero-order valence-corrected chi connectivity index (χ0v) is 9.20. The molecule has 0 unspecified atom stereocenters. The lowest BCUT2D eigenvalue weighted by Gasteiger charge is -2.12. The Morgan fingerprint density at radius 3 is 3.13 bits per heavy atom. The molecule has 2 rings (SSSR count). The van der Waals surface area contributed by atoms with Crippen molar-refractivity contribution < 1.29 is 9.84 Å². The molecule has 1 aliphatic heterocycles. The largest absolute Gasteiger partial charge is 0.493 e. The van der Waals surface area contributed by atoms with Crippen LogP contribution in [0.2, 0.25) is 0 Å². The molecule has 0 radical (unpaired) electrons. The first kappa shape index (κ1) is 10.5. The van der Waals surface area contributed by atoms with E-state index in [2.05, 4.69) is 19.1 Å². The summed E-state index contributed by atoms with van der Waals surface area (Å²) in [5.74, 6) is 0.861. The highest BCUT2D eigenvalue weighted by Crippen LogP contribution is 2.32. The smallest absolute Gasteiger partial charge is 0.125 e. The summed E-state index contributed by atoms with van der Waals surface area (Å²) >= 11 is 0. The van der Waals surface area contributed by atoms with E-state index in [1.54, 1.807) is 0 Å². The maximum Gasteiger partial charge on any atom is 0.125 e. The Morgan fingerprint density at radius 1 is 1.47 bits per heavy atom. The molecule has 2 heteroatoms. The molecular formula is C13H18O2. The van der Waals surface area contributed by atoms with Gasteiger partial charge in [-0.2, -0.15) is 0 Å². The first-order valence-corrected chi connectivity index (χ1v) is 5.75. The van der Waals surface area contributed by atoms with Gasteiger partial charge in [-0.3, -0.25) is 0 Å². The van der Waals surface area contributed by atoms with Gasteiger partial charge in [0, 0.05) is 5.56 Å². The second-order valence-corrected chi connectivity index (χ2v) is 4.13. The van der Waals surface area contributed by atoms with Gasteiger partial charge in [0.1, 0.15) is 5.75 Å². The lowest BCUT2D eigenvalue weighted by molar-refractivity contribution is 0.167. The fraction of sp³-hybridized carbons (Fsp3) is 0.538. The van der Waals surface area contributed by atoms with Gasteiger partial charge in [0.25, 0.3) is 0 Å². The van der Waals surface area contributed by atoms with E-state index in [0.29, 0.717) is 0 Å². The Morgan fingerprint density at radius 2 is 2.33 bits per heavy atom. The first-order valence-electron chi connectivity index (χ1n) is 5.75. The fourth-order valence-electron chi connectivity index (χ4n) is 2.05. The number of aliphatic hydroxyl groups excluding tert-OH is 1. The predicted octanol–water partition coefficient (Wildman–Crippen LogP) is 2.85. The van der Waals surface area contributed by atoms with Crippen LogP contribution >= 0.6 is 0 Å². The van der Waals surface area contributed by atoms with Crippen LogP contribution in [0.4, 0.5) is 0 Å². The van der Waals surface area contributed by atoms with Crippen molar-refractivity contribution in [2.75, 3.05) is 6.61 Å². The summed E-state index contributed by atoms with van der Waals surface area (Å²) in [5, 5.41) is 9.95. The molecule has 1 atom stereocenters. The standard InChI is InChI=1S/C13H18O2/c1-2-4-10-6-7-13-11(9-10)12(14)5-3-8-15-13/h6-7,9,12,14H,2-5,8H2,1H3/t12-/m1/s1. The Balaban J connectivity index is 2.31. The van der Waals surface area contributed by atoms with Crippen LogP contribution in [0.5, 0.6) is 5.75 Å². The van der Waals surface area contributed by atoms with Crippen molar-refractivity contribution in [1.82, 2.24) is 0 Å². The van der Waals surface area contributed by atoms with Gasteiger partial charge in [0.2, 0.25) is 0 Å². The van der Waals surface area contributed by atoms with E-state index in [4.69, 9.17) is 4.74 Å². The van der Waals surface area contributed by atoms with Crippen molar-refractivity contribution in [3.63, 3.8) is 0 Å². The number of fused-ring (bicyclic) bond motifs is 1. The van der Waals surface area contributed by atoms with E-state index in [9.17, 15) is 5.11 Å². The average Bonchev–Trinajstić information content (AvgIpc) is 2.42. The van der Waals surface area contributed by atoms with Crippen LogP contribution in [0, 0.1) is 0 Å². The molecule has 2 nitrogen and oxygen atoms in total. The third-order valence-corrected chi connectivity index (χ3v) is 2.85. The normalized spacial score (nSPS) is 20.3. The molecular weight excluding hydrogens is 188 g/mol. The lowest BCUT2D eigenvalue weighted by Crippen LogP contribution is -1.98. The second-order valence-electron chi connectivity index (χ2n) is 4.13. The van der Waals surface area contributed by atoms with Gasteiger partial charge < -0.3 is 9.84 Å². The summed E-state index contributed by atoms with van der Waals surface area (Å²) in [5.41, 5.74) is 2.26. The molecule has 1 heterocycles. The molecule has 0 aromatic heterocycles. The first-order chi connectivity index (χ1) is 7.31. The van der Waals surface area contributed by atoms with Crippen molar-refractivity contribution in [1.29, 1.82) is 0 Å². The van der Waals surface area contributed by atoms with Crippen molar-refractivity contribution in [3.05, 3.63) is 29.3 Å². The van der Waals surface area contributed by atoms with Gasteiger partial charge in [-0.1, -0.05) is 19.4 Å². The molecule has 0 bridgehead atoms. The van der Waals surface area contributed by atoms with Gasteiger partial charge >= 0.3 is 0 Å². The predicted molar refractivity (Wildman–Crippen MR) is 60.1 cm³/mol. The summed E-state index contributed by atoms with van der Waals surface area (Å²) in [6.45, 7) is 2.88. The average molecular weight is 206 g/mol. The Labute approximate surface area is 90.9 Å². The number of hydrogen-bond acceptors (Lipinski definition) is 2. The molecule has 0 amide bonds. The van der Waals surface area contributed by atoms with Gasteiger partial charge in [-0.25, -0.2) is 0 Å². The molecule has 82 valence electrons. The van der Waals surface area contributed by atoms with Gasteiger partial charge in [-0.05, 0) is 37.0 Å². The van der Waals surface area contributed by atoms with Crippen LogP contribution in [0.1, 0.15) is 43.4 Å². The lowest BCUT2D eigenvalue weighted by atomic mass is 10.0. The molecule has 1 aromatic carbocycles. The van der Waals surface area contributed by atoms with E-state index in [1.807, 2.05) is 6.07 Å². The highest BCUT2D eigenvalue weighted by atomic mass is 16.5. The minimum Gasteiger partial charge on any atom is -0.493 e. The highest BCUT2D eigenvalue weighted by molar-refractivity contribution is 5.39. The zero-order chi connectivity index (χ0) is 10.7. The number of aryl methyl sites for hydroxylation is 1. The topological polar surface area (TPSA) is 29.5 Å². The SMILES string of the molecule is CCCc1ccc2c(c1)[C@H](O)CCCO2. The summed E-state index contributed by atoms with van der Waals surface area (Å²) in [4.78, 5) is 0. The van der Waals surface area contributed by atoms with Crippen molar-refractivity contribution >= 4 is 0 Å². The van der Waals surface area contributed by atoms with Gasteiger partial charge in [0.05, 0.1) is 12.7 Å². The van der Waals surface area contributed by atoms with Crippen LogP contribution in [0.3, 0.4) is 0 Å². The summed E-state index contributed by atoms with van der Waals surface area (Å²) in [6, 6.07) is 6.18. The van der Waals surface area contributed by atoms with Crippen molar-refractivity contribution in [3.8, 4) is 5.75 Å².